The SMILES string of the molecule is c1ccc2c(c1)NCCCCCNc1ccccc1OCCCCCO2. The first kappa shape index (κ1) is 18.4. The predicted molar refractivity (Wildman–Crippen MR) is 109 cm³/mol. The number of anilines is 2. The van der Waals surface area contributed by atoms with Crippen LogP contribution in [0.3, 0.4) is 0 Å². The van der Waals surface area contributed by atoms with Crippen molar-refractivity contribution in [2.24, 2.45) is 0 Å². The van der Waals surface area contributed by atoms with Gasteiger partial charge in [0.05, 0.1) is 24.6 Å². The van der Waals surface area contributed by atoms with Gasteiger partial charge in [-0.25, -0.2) is 0 Å². The molecule has 140 valence electrons. The van der Waals surface area contributed by atoms with E-state index in [0.717, 1.165) is 81.3 Å². The Morgan fingerprint density at radius 3 is 1.54 bits per heavy atom. The Morgan fingerprint density at radius 2 is 1.00 bits per heavy atom. The maximum Gasteiger partial charge on any atom is 0.142 e. The minimum absolute atomic E-state index is 0.747. The van der Waals surface area contributed by atoms with Crippen molar-refractivity contribution < 1.29 is 9.47 Å². The lowest BCUT2D eigenvalue weighted by Crippen LogP contribution is -2.08. The Labute approximate surface area is 156 Å². The summed E-state index contributed by atoms with van der Waals surface area (Å²) < 4.78 is 12.0. The van der Waals surface area contributed by atoms with E-state index in [-0.39, 0.29) is 0 Å². The van der Waals surface area contributed by atoms with E-state index < -0.39 is 0 Å². The molecule has 0 unspecified atom stereocenters. The van der Waals surface area contributed by atoms with Crippen LogP contribution in [-0.2, 0) is 0 Å². The average Bonchev–Trinajstić information content (AvgIpc) is 2.68. The topological polar surface area (TPSA) is 42.5 Å². The fourth-order valence-electron chi connectivity index (χ4n) is 3.10. The molecule has 1 heterocycles. The van der Waals surface area contributed by atoms with Crippen molar-refractivity contribution in [3.8, 4) is 11.5 Å². The quantitative estimate of drug-likeness (QED) is 0.672. The number of ether oxygens (including phenoxy) is 2. The third-order valence-electron chi connectivity index (χ3n) is 4.56. The van der Waals surface area contributed by atoms with Crippen LogP contribution in [0, 0.1) is 0 Å². The van der Waals surface area contributed by atoms with Crippen LogP contribution in [0.2, 0.25) is 0 Å². The highest BCUT2D eigenvalue weighted by Crippen LogP contribution is 2.25. The van der Waals surface area contributed by atoms with Crippen molar-refractivity contribution in [1.29, 1.82) is 0 Å². The lowest BCUT2D eigenvalue weighted by Gasteiger charge is -2.15. The van der Waals surface area contributed by atoms with Crippen molar-refractivity contribution in [3.63, 3.8) is 0 Å². The summed E-state index contributed by atoms with van der Waals surface area (Å²) in [5.74, 6) is 1.92. The third kappa shape index (κ3) is 5.87. The molecular formula is C22H30N2O2. The van der Waals surface area contributed by atoms with Gasteiger partial charge in [0.2, 0.25) is 0 Å². The number of benzene rings is 2. The molecule has 26 heavy (non-hydrogen) atoms. The van der Waals surface area contributed by atoms with Crippen LogP contribution in [0.5, 0.6) is 11.5 Å². The van der Waals surface area contributed by atoms with E-state index in [9.17, 15) is 0 Å². The molecule has 0 saturated heterocycles. The van der Waals surface area contributed by atoms with Crippen LogP contribution in [-0.4, -0.2) is 26.3 Å². The molecule has 2 aromatic rings. The van der Waals surface area contributed by atoms with Crippen LogP contribution in [0.4, 0.5) is 11.4 Å². The first-order chi connectivity index (χ1) is 12.9. The van der Waals surface area contributed by atoms with Crippen LogP contribution in [0.15, 0.2) is 48.5 Å². The highest BCUT2D eigenvalue weighted by Gasteiger charge is 2.05. The zero-order valence-electron chi connectivity index (χ0n) is 15.5. The summed E-state index contributed by atoms with van der Waals surface area (Å²) in [6.07, 6.45) is 6.66. The highest BCUT2D eigenvalue weighted by atomic mass is 16.5. The summed E-state index contributed by atoms with van der Waals surface area (Å²) in [5.41, 5.74) is 2.20. The van der Waals surface area contributed by atoms with Crippen molar-refractivity contribution in [2.75, 3.05) is 36.9 Å². The smallest absolute Gasteiger partial charge is 0.142 e. The third-order valence-corrected chi connectivity index (χ3v) is 4.56. The average molecular weight is 354 g/mol. The minimum atomic E-state index is 0.747. The molecule has 1 aliphatic heterocycles. The van der Waals surface area contributed by atoms with Crippen molar-refractivity contribution in [2.45, 2.75) is 38.5 Å². The zero-order chi connectivity index (χ0) is 17.9. The minimum Gasteiger partial charge on any atom is -0.491 e. The standard InChI is InChI=1S/C22H30N2O2/c1-7-15-23-19-11-3-5-13-21(19)25-17-9-2-10-18-26-22-14-6-4-12-20(22)24-16-8-1/h3-6,11-14,23-24H,1-2,7-10,15-18H2. The monoisotopic (exact) mass is 354 g/mol. The van der Waals surface area contributed by atoms with Gasteiger partial charge in [-0.2, -0.15) is 0 Å². The summed E-state index contributed by atoms with van der Waals surface area (Å²) in [6.45, 7) is 3.44. The Hall–Kier alpha value is -2.36. The summed E-state index contributed by atoms with van der Waals surface area (Å²) >= 11 is 0. The summed E-state index contributed by atoms with van der Waals surface area (Å²) in [5, 5.41) is 7.04. The predicted octanol–water partition coefficient (Wildman–Crippen LogP) is 5.32. The molecular weight excluding hydrogens is 324 g/mol. The van der Waals surface area contributed by atoms with Gasteiger partial charge in [-0.3, -0.25) is 0 Å². The molecule has 0 radical (unpaired) electrons. The molecule has 1 aliphatic rings. The summed E-state index contributed by atoms with van der Waals surface area (Å²) in [4.78, 5) is 0. The number of rotatable bonds is 0. The molecule has 0 fully saturated rings. The Kier molecular flexibility index (Phi) is 7.51. The van der Waals surface area contributed by atoms with E-state index in [4.69, 9.17) is 9.47 Å². The van der Waals surface area contributed by atoms with Gasteiger partial charge in [0.1, 0.15) is 11.5 Å². The Balaban J connectivity index is 1.56. The van der Waals surface area contributed by atoms with Crippen LogP contribution in [0.1, 0.15) is 38.5 Å². The van der Waals surface area contributed by atoms with Crippen LogP contribution < -0.4 is 20.1 Å². The number of fused-ring (bicyclic) bond motifs is 2. The maximum absolute atomic E-state index is 5.98. The van der Waals surface area contributed by atoms with Crippen LogP contribution >= 0.6 is 0 Å². The molecule has 0 bridgehead atoms. The number of hydrogen-bond donors (Lipinski definition) is 2. The molecule has 4 nitrogen and oxygen atoms in total. The fraction of sp³-hybridized carbons (Fsp3) is 0.455. The molecule has 4 heteroatoms. The van der Waals surface area contributed by atoms with E-state index in [1.807, 2.05) is 24.3 Å². The number of hydrogen-bond acceptors (Lipinski definition) is 4. The van der Waals surface area contributed by atoms with Gasteiger partial charge < -0.3 is 20.1 Å². The van der Waals surface area contributed by atoms with Crippen molar-refractivity contribution in [3.05, 3.63) is 48.5 Å². The Bertz CT molecular complexity index is 549. The van der Waals surface area contributed by atoms with E-state index in [1.54, 1.807) is 0 Å². The lowest BCUT2D eigenvalue weighted by molar-refractivity contribution is 0.280. The second-order valence-electron chi connectivity index (χ2n) is 6.66. The van der Waals surface area contributed by atoms with E-state index in [1.165, 1.54) is 6.42 Å². The second-order valence-corrected chi connectivity index (χ2v) is 6.66. The molecule has 0 saturated carbocycles. The molecule has 2 N–H and O–H groups in total. The van der Waals surface area contributed by atoms with E-state index in [2.05, 4.69) is 34.9 Å². The van der Waals surface area contributed by atoms with Gasteiger partial charge in [0.15, 0.2) is 0 Å². The first-order valence-corrected chi connectivity index (χ1v) is 9.85. The molecule has 0 aliphatic carbocycles. The second kappa shape index (κ2) is 10.6. The first-order valence-electron chi connectivity index (χ1n) is 9.85. The normalized spacial score (nSPS) is 16.9. The van der Waals surface area contributed by atoms with Crippen molar-refractivity contribution in [1.82, 2.24) is 0 Å². The van der Waals surface area contributed by atoms with Gasteiger partial charge in [-0.15, -0.1) is 0 Å². The molecule has 2 aromatic carbocycles. The molecule has 0 spiro atoms. The van der Waals surface area contributed by atoms with Gasteiger partial charge in [-0.1, -0.05) is 24.3 Å². The summed E-state index contributed by atoms with van der Waals surface area (Å²) in [6, 6.07) is 16.5. The maximum atomic E-state index is 5.98. The van der Waals surface area contributed by atoms with Crippen molar-refractivity contribution >= 4 is 11.4 Å². The lowest BCUT2D eigenvalue weighted by atomic mass is 10.2. The molecule has 0 amide bonds. The van der Waals surface area contributed by atoms with E-state index in [0.29, 0.717) is 0 Å². The molecule has 0 atom stereocenters. The summed E-state index contributed by atoms with van der Waals surface area (Å²) in [7, 11) is 0. The Morgan fingerprint density at radius 1 is 0.538 bits per heavy atom. The highest BCUT2D eigenvalue weighted by molar-refractivity contribution is 5.56. The van der Waals surface area contributed by atoms with E-state index >= 15 is 0 Å². The zero-order valence-corrected chi connectivity index (χ0v) is 15.5. The van der Waals surface area contributed by atoms with Gasteiger partial charge in [0, 0.05) is 13.1 Å². The van der Waals surface area contributed by atoms with Crippen LogP contribution in [0.25, 0.3) is 0 Å². The molecule has 3 rings (SSSR count). The largest absolute Gasteiger partial charge is 0.491 e. The fourth-order valence-corrected chi connectivity index (χ4v) is 3.10. The van der Waals surface area contributed by atoms with Gasteiger partial charge in [-0.05, 0) is 62.8 Å². The number of para-hydroxylation sites is 4. The van der Waals surface area contributed by atoms with Gasteiger partial charge in [0.25, 0.3) is 0 Å². The van der Waals surface area contributed by atoms with Gasteiger partial charge >= 0.3 is 0 Å². The number of nitrogens with one attached hydrogen (secondary N) is 2. The molecule has 0 aromatic heterocycles.